The van der Waals surface area contributed by atoms with Gasteiger partial charge in [0.1, 0.15) is 11.9 Å². The zero-order valence-corrected chi connectivity index (χ0v) is 23.3. The van der Waals surface area contributed by atoms with E-state index in [1.807, 2.05) is 18.2 Å². The molecule has 1 unspecified atom stereocenters. The Labute approximate surface area is 241 Å². The number of carbonyl (C=O) groups excluding carboxylic acids is 3. The van der Waals surface area contributed by atoms with E-state index >= 15 is 0 Å². The summed E-state index contributed by atoms with van der Waals surface area (Å²) in [5, 5.41) is 5.55. The molecule has 2 aromatic carbocycles. The zero-order valence-electron chi connectivity index (χ0n) is 21.8. The van der Waals surface area contributed by atoms with Crippen LogP contribution in [0.2, 0.25) is 10.0 Å². The number of halogens is 2. The zero-order chi connectivity index (χ0) is 28.6. The summed E-state index contributed by atoms with van der Waals surface area (Å²) in [6, 6.07) is 13.3. The topological polar surface area (TPSA) is 133 Å². The lowest BCUT2D eigenvalue weighted by atomic mass is 9.90. The molecule has 0 radical (unpaired) electrons. The molecule has 1 saturated heterocycles. The summed E-state index contributed by atoms with van der Waals surface area (Å²) in [5.74, 6) is -0.903. The van der Waals surface area contributed by atoms with Crippen LogP contribution in [0, 0.1) is 5.92 Å². The summed E-state index contributed by atoms with van der Waals surface area (Å²) >= 11 is 12.3. The fourth-order valence-corrected chi connectivity index (χ4v) is 5.23. The number of rotatable bonds is 8. The smallest absolute Gasteiger partial charge is 0.346 e. The first-order valence-corrected chi connectivity index (χ1v) is 13.5. The van der Waals surface area contributed by atoms with Gasteiger partial charge in [-0.1, -0.05) is 59.6 Å². The maximum absolute atomic E-state index is 13.1. The van der Waals surface area contributed by atoms with Crippen molar-refractivity contribution >= 4 is 46.9 Å². The highest BCUT2D eigenvalue weighted by molar-refractivity contribution is 6.40. The predicted octanol–water partition coefficient (Wildman–Crippen LogP) is 4.08. The van der Waals surface area contributed by atoms with E-state index in [0.717, 1.165) is 19.3 Å². The van der Waals surface area contributed by atoms with Crippen molar-refractivity contribution < 1.29 is 19.1 Å². The van der Waals surface area contributed by atoms with Crippen LogP contribution in [0.3, 0.4) is 0 Å². The molecule has 1 aliphatic rings. The number of likely N-dealkylation sites (tertiary alicyclic amines) is 1. The van der Waals surface area contributed by atoms with Gasteiger partial charge in [-0.05, 0) is 42.9 Å². The van der Waals surface area contributed by atoms with Gasteiger partial charge in [-0.25, -0.2) is 19.4 Å². The molecule has 1 aromatic heterocycles. The number of anilines is 1. The molecule has 40 heavy (non-hydrogen) atoms. The van der Waals surface area contributed by atoms with Crippen molar-refractivity contribution in [1.29, 1.82) is 0 Å². The second-order valence-corrected chi connectivity index (χ2v) is 10.3. The van der Waals surface area contributed by atoms with E-state index in [9.17, 15) is 19.2 Å². The van der Waals surface area contributed by atoms with Crippen molar-refractivity contribution in [1.82, 2.24) is 20.2 Å². The number of hydrogen-bond acceptors (Lipinski definition) is 6. The van der Waals surface area contributed by atoms with Gasteiger partial charge in [-0.15, -0.1) is 0 Å². The van der Waals surface area contributed by atoms with Crippen molar-refractivity contribution in [3.8, 4) is 0 Å². The van der Waals surface area contributed by atoms with Crippen LogP contribution in [-0.4, -0.2) is 59.0 Å². The maximum atomic E-state index is 13.1. The van der Waals surface area contributed by atoms with E-state index in [0.29, 0.717) is 19.0 Å². The highest BCUT2D eigenvalue weighted by Gasteiger charge is 2.29. The van der Waals surface area contributed by atoms with Crippen LogP contribution in [0.4, 0.5) is 10.6 Å². The molecule has 0 spiro atoms. The monoisotopic (exact) mass is 585 g/mol. The number of carbonyl (C=O) groups is 3. The van der Waals surface area contributed by atoms with Crippen LogP contribution in [0.5, 0.6) is 0 Å². The Bertz CT molecular complexity index is 1400. The fraction of sp³-hybridized carbons (Fsp3) is 0.321. The summed E-state index contributed by atoms with van der Waals surface area (Å²) in [6.07, 6.45) is 3.75. The fourth-order valence-electron chi connectivity index (χ4n) is 4.66. The van der Waals surface area contributed by atoms with E-state index in [1.165, 1.54) is 31.0 Å². The van der Waals surface area contributed by atoms with Crippen LogP contribution in [0.1, 0.15) is 34.3 Å². The van der Waals surface area contributed by atoms with Crippen molar-refractivity contribution in [2.45, 2.75) is 31.7 Å². The number of nitrogens with one attached hydrogen (secondary N) is 3. The number of esters is 1. The molecule has 210 valence electrons. The van der Waals surface area contributed by atoms with Crippen molar-refractivity contribution in [3.63, 3.8) is 0 Å². The van der Waals surface area contributed by atoms with Gasteiger partial charge >= 0.3 is 17.7 Å². The normalized spacial score (nSPS) is 14.3. The molecule has 0 aliphatic carbocycles. The minimum atomic E-state index is -1.10. The number of nitrogens with zero attached hydrogens (tertiary/aromatic N) is 2. The predicted molar refractivity (Wildman–Crippen MR) is 152 cm³/mol. The Morgan fingerprint density at radius 3 is 2.40 bits per heavy atom. The Balaban J connectivity index is 1.43. The third kappa shape index (κ3) is 7.40. The van der Waals surface area contributed by atoms with Crippen molar-refractivity contribution in [2.75, 3.05) is 25.5 Å². The molecule has 4 rings (SSSR count). The van der Waals surface area contributed by atoms with E-state index in [4.69, 9.17) is 27.9 Å². The summed E-state index contributed by atoms with van der Waals surface area (Å²) < 4.78 is 4.91. The Morgan fingerprint density at radius 1 is 1.07 bits per heavy atom. The molecule has 3 amide bonds. The molecule has 1 atom stereocenters. The van der Waals surface area contributed by atoms with Gasteiger partial charge in [0, 0.05) is 31.3 Å². The SMILES string of the molecule is COC(=O)C(Cc1cnc(=O)[nH]c1NC(=O)c1c(Cl)cccc1Cl)NC(=O)N1CCC(Cc2ccccc2)CC1. The van der Waals surface area contributed by atoms with Crippen LogP contribution in [0.15, 0.2) is 59.5 Å². The minimum absolute atomic E-state index is 0.00846. The average Bonchev–Trinajstić information content (AvgIpc) is 2.94. The van der Waals surface area contributed by atoms with Gasteiger partial charge < -0.3 is 20.3 Å². The molecule has 0 bridgehead atoms. The highest BCUT2D eigenvalue weighted by Crippen LogP contribution is 2.26. The van der Waals surface area contributed by atoms with Crippen molar-refractivity contribution in [2.24, 2.45) is 5.92 Å². The quantitative estimate of drug-likeness (QED) is 0.341. The molecular weight excluding hydrogens is 557 g/mol. The second-order valence-electron chi connectivity index (χ2n) is 9.49. The van der Waals surface area contributed by atoms with Crippen LogP contribution in [0.25, 0.3) is 0 Å². The summed E-state index contributed by atoms with van der Waals surface area (Å²) in [4.78, 5) is 58.5. The van der Waals surface area contributed by atoms with Crippen LogP contribution >= 0.6 is 23.2 Å². The molecule has 3 aromatic rings. The maximum Gasteiger partial charge on any atom is 0.346 e. The number of piperidine rings is 1. The number of amides is 3. The van der Waals surface area contributed by atoms with Gasteiger partial charge in [0.25, 0.3) is 5.91 Å². The van der Waals surface area contributed by atoms with E-state index in [2.05, 4.69) is 32.7 Å². The molecular formula is C28H29Cl2N5O5. The van der Waals surface area contributed by atoms with Crippen LogP contribution in [-0.2, 0) is 22.4 Å². The Kier molecular flexibility index (Phi) is 9.79. The molecule has 0 saturated carbocycles. The first-order chi connectivity index (χ1) is 19.2. The van der Waals surface area contributed by atoms with E-state index in [-0.39, 0.29) is 33.4 Å². The number of hydrogen-bond donors (Lipinski definition) is 3. The van der Waals surface area contributed by atoms with Gasteiger partial charge in [0.05, 0.1) is 22.7 Å². The van der Waals surface area contributed by atoms with Crippen molar-refractivity contribution in [3.05, 3.63) is 91.9 Å². The Morgan fingerprint density at radius 2 is 1.75 bits per heavy atom. The van der Waals surface area contributed by atoms with Crippen LogP contribution < -0.4 is 16.3 Å². The second kappa shape index (κ2) is 13.5. The molecule has 1 fully saturated rings. The van der Waals surface area contributed by atoms with Gasteiger partial charge in [-0.2, -0.15) is 0 Å². The number of aromatic nitrogens is 2. The lowest BCUT2D eigenvalue weighted by Gasteiger charge is -2.33. The van der Waals surface area contributed by atoms with Gasteiger partial charge in [0.2, 0.25) is 0 Å². The Hall–Kier alpha value is -3.89. The first-order valence-electron chi connectivity index (χ1n) is 12.8. The molecule has 2 heterocycles. The molecule has 10 nitrogen and oxygen atoms in total. The number of methoxy groups -OCH3 is 1. The summed E-state index contributed by atoms with van der Waals surface area (Å²) in [7, 11) is 1.21. The van der Waals surface area contributed by atoms with E-state index in [1.54, 1.807) is 11.0 Å². The number of aromatic amines is 1. The standard InChI is InChI=1S/C28H29Cl2N5O5/c1-40-26(37)22(32-28(39)35-12-10-18(11-13-35)14-17-6-3-2-4-7-17)15-19-16-31-27(38)34-24(19)33-25(36)23-20(29)8-5-9-21(23)30/h2-9,16,18,22H,10-15H2,1H3,(H,32,39)(H2,31,33,34,36,38). The largest absolute Gasteiger partial charge is 0.467 e. The highest BCUT2D eigenvalue weighted by atomic mass is 35.5. The minimum Gasteiger partial charge on any atom is -0.467 e. The summed E-state index contributed by atoms with van der Waals surface area (Å²) in [6.45, 7) is 1.11. The van der Waals surface area contributed by atoms with Gasteiger partial charge in [-0.3, -0.25) is 9.78 Å². The number of H-pyrrole nitrogens is 1. The van der Waals surface area contributed by atoms with Gasteiger partial charge in [0.15, 0.2) is 0 Å². The average molecular weight is 586 g/mol. The molecule has 12 heteroatoms. The summed E-state index contributed by atoms with van der Waals surface area (Å²) in [5.41, 5.74) is 0.850. The lowest BCUT2D eigenvalue weighted by Crippen LogP contribution is -2.51. The third-order valence-corrected chi connectivity index (χ3v) is 7.43. The lowest BCUT2D eigenvalue weighted by molar-refractivity contribution is -0.142. The number of urea groups is 1. The number of benzene rings is 2. The number of ether oxygens (including phenoxy) is 1. The third-order valence-electron chi connectivity index (χ3n) is 6.80. The molecule has 3 N–H and O–H groups in total. The van der Waals surface area contributed by atoms with E-state index < -0.39 is 29.6 Å². The molecule has 1 aliphatic heterocycles. The first kappa shape index (κ1) is 29.1.